The second-order valence-corrected chi connectivity index (χ2v) is 5.35. The number of carbonyl (C=O) groups is 2. The van der Waals surface area contributed by atoms with E-state index in [0.29, 0.717) is 0 Å². The van der Waals surface area contributed by atoms with Crippen LogP contribution in [0.5, 0.6) is 0 Å². The van der Waals surface area contributed by atoms with E-state index in [1.807, 2.05) is 12.3 Å². The number of nitrogens with zero attached hydrogens (tertiary/aromatic N) is 2. The lowest BCUT2D eigenvalue weighted by molar-refractivity contribution is -0.144. The SMILES string of the molecule is CCc1nc(CC(=O)N(CC(=O)O)C2CC2)cs1. The molecular weight excluding hydrogens is 252 g/mol. The van der Waals surface area contributed by atoms with Crippen molar-refractivity contribution in [2.24, 2.45) is 0 Å². The lowest BCUT2D eigenvalue weighted by Crippen LogP contribution is -2.38. The Morgan fingerprint density at radius 1 is 1.56 bits per heavy atom. The molecule has 1 amide bonds. The first kappa shape index (κ1) is 13.0. The number of aromatic nitrogens is 1. The molecule has 0 aromatic carbocycles. The van der Waals surface area contributed by atoms with Crippen molar-refractivity contribution in [3.63, 3.8) is 0 Å². The van der Waals surface area contributed by atoms with Crippen LogP contribution in [0, 0.1) is 0 Å². The molecule has 6 heteroatoms. The number of aryl methyl sites for hydroxylation is 1. The summed E-state index contributed by atoms with van der Waals surface area (Å²) in [5.41, 5.74) is 0.748. The maximum atomic E-state index is 12.1. The van der Waals surface area contributed by atoms with Gasteiger partial charge in [-0.1, -0.05) is 6.92 Å². The molecule has 2 rings (SSSR count). The molecular formula is C12H16N2O3S. The van der Waals surface area contributed by atoms with E-state index in [1.54, 1.807) is 11.3 Å². The van der Waals surface area contributed by atoms with E-state index in [4.69, 9.17) is 5.11 Å². The van der Waals surface area contributed by atoms with Crippen molar-refractivity contribution in [2.75, 3.05) is 6.54 Å². The molecule has 0 radical (unpaired) electrons. The highest BCUT2D eigenvalue weighted by Crippen LogP contribution is 2.27. The van der Waals surface area contributed by atoms with Gasteiger partial charge in [-0.2, -0.15) is 0 Å². The van der Waals surface area contributed by atoms with Gasteiger partial charge in [-0.05, 0) is 19.3 Å². The summed E-state index contributed by atoms with van der Waals surface area (Å²) in [5.74, 6) is -1.09. The van der Waals surface area contributed by atoms with Crippen molar-refractivity contribution in [2.45, 2.75) is 38.6 Å². The van der Waals surface area contributed by atoms with E-state index >= 15 is 0 Å². The van der Waals surface area contributed by atoms with E-state index < -0.39 is 5.97 Å². The second kappa shape index (κ2) is 5.48. The molecule has 98 valence electrons. The van der Waals surface area contributed by atoms with Crippen LogP contribution >= 0.6 is 11.3 Å². The lowest BCUT2D eigenvalue weighted by Gasteiger charge is -2.19. The molecule has 1 aromatic heterocycles. The molecule has 1 aliphatic rings. The number of hydrogen-bond donors (Lipinski definition) is 1. The molecule has 0 saturated heterocycles. The highest BCUT2D eigenvalue weighted by Gasteiger charge is 2.33. The van der Waals surface area contributed by atoms with Gasteiger partial charge in [-0.15, -0.1) is 11.3 Å². The number of rotatable bonds is 6. The average molecular weight is 268 g/mol. The first-order valence-corrected chi connectivity index (χ1v) is 6.92. The van der Waals surface area contributed by atoms with Gasteiger partial charge in [0.2, 0.25) is 5.91 Å². The molecule has 1 heterocycles. The lowest BCUT2D eigenvalue weighted by atomic mass is 10.3. The highest BCUT2D eigenvalue weighted by molar-refractivity contribution is 7.09. The zero-order valence-corrected chi connectivity index (χ0v) is 11.1. The van der Waals surface area contributed by atoms with Gasteiger partial charge in [0.15, 0.2) is 0 Å². The predicted molar refractivity (Wildman–Crippen MR) is 67.6 cm³/mol. The Balaban J connectivity index is 1.98. The molecule has 18 heavy (non-hydrogen) atoms. The Morgan fingerprint density at radius 3 is 2.78 bits per heavy atom. The van der Waals surface area contributed by atoms with E-state index in [0.717, 1.165) is 30.0 Å². The molecule has 0 aliphatic heterocycles. The van der Waals surface area contributed by atoms with Crippen molar-refractivity contribution < 1.29 is 14.7 Å². The molecule has 0 bridgehead atoms. The van der Waals surface area contributed by atoms with Gasteiger partial charge in [-0.25, -0.2) is 4.98 Å². The van der Waals surface area contributed by atoms with Gasteiger partial charge in [0.25, 0.3) is 0 Å². The standard InChI is InChI=1S/C12H16N2O3S/c1-2-10-13-8(7-18-10)5-11(15)14(6-12(16)17)9-3-4-9/h7,9H,2-6H2,1H3,(H,16,17). The van der Waals surface area contributed by atoms with Crippen LogP contribution in [0.25, 0.3) is 0 Å². The summed E-state index contributed by atoms with van der Waals surface area (Å²) in [6, 6.07) is 0.123. The summed E-state index contributed by atoms with van der Waals surface area (Å²) < 4.78 is 0. The number of thiazole rings is 1. The van der Waals surface area contributed by atoms with Crippen LogP contribution in [0.2, 0.25) is 0 Å². The molecule has 1 aromatic rings. The fourth-order valence-electron chi connectivity index (χ4n) is 1.80. The molecule has 5 nitrogen and oxygen atoms in total. The summed E-state index contributed by atoms with van der Waals surface area (Å²) in [5, 5.41) is 11.7. The molecule has 1 N–H and O–H groups in total. The van der Waals surface area contributed by atoms with Crippen LogP contribution < -0.4 is 0 Å². The first-order valence-electron chi connectivity index (χ1n) is 6.04. The van der Waals surface area contributed by atoms with Gasteiger partial charge in [0.05, 0.1) is 17.1 Å². The van der Waals surface area contributed by atoms with E-state index in [-0.39, 0.29) is 24.9 Å². The summed E-state index contributed by atoms with van der Waals surface area (Å²) in [7, 11) is 0. The van der Waals surface area contributed by atoms with Gasteiger partial charge < -0.3 is 10.0 Å². The van der Waals surface area contributed by atoms with Crippen LogP contribution in [0.3, 0.4) is 0 Å². The van der Waals surface area contributed by atoms with E-state index in [1.165, 1.54) is 4.90 Å². The quantitative estimate of drug-likeness (QED) is 0.844. The number of carboxylic acid groups (broad SMARTS) is 1. The topological polar surface area (TPSA) is 70.5 Å². The zero-order valence-electron chi connectivity index (χ0n) is 10.3. The summed E-state index contributed by atoms with van der Waals surface area (Å²) in [6.07, 6.45) is 2.90. The third-order valence-electron chi connectivity index (χ3n) is 2.85. The Kier molecular flexibility index (Phi) is 3.96. The van der Waals surface area contributed by atoms with Gasteiger partial charge in [0.1, 0.15) is 6.54 Å². The van der Waals surface area contributed by atoms with Gasteiger partial charge >= 0.3 is 5.97 Å². The Bertz CT molecular complexity index is 454. The van der Waals surface area contributed by atoms with Crippen LogP contribution in [-0.2, 0) is 22.4 Å². The van der Waals surface area contributed by atoms with Gasteiger partial charge in [-0.3, -0.25) is 9.59 Å². The smallest absolute Gasteiger partial charge is 0.323 e. The Hall–Kier alpha value is -1.43. The molecule has 0 unspecified atom stereocenters. The summed E-state index contributed by atoms with van der Waals surface area (Å²) >= 11 is 1.54. The average Bonchev–Trinajstić information content (AvgIpc) is 3.06. The van der Waals surface area contributed by atoms with Crippen molar-refractivity contribution in [3.05, 3.63) is 16.1 Å². The first-order chi connectivity index (χ1) is 8.60. The summed E-state index contributed by atoms with van der Waals surface area (Å²) in [4.78, 5) is 28.6. The molecule has 1 fully saturated rings. The number of carbonyl (C=O) groups excluding carboxylic acids is 1. The largest absolute Gasteiger partial charge is 0.480 e. The van der Waals surface area contributed by atoms with Crippen LogP contribution in [0.4, 0.5) is 0 Å². The number of carboxylic acids is 1. The van der Waals surface area contributed by atoms with Crippen molar-refractivity contribution in [3.8, 4) is 0 Å². The maximum absolute atomic E-state index is 12.1. The molecule has 0 atom stereocenters. The van der Waals surface area contributed by atoms with Crippen LogP contribution in [0.15, 0.2) is 5.38 Å². The number of hydrogen-bond acceptors (Lipinski definition) is 4. The minimum absolute atomic E-state index is 0.123. The molecule has 1 saturated carbocycles. The molecule has 0 spiro atoms. The molecule has 1 aliphatic carbocycles. The fourth-order valence-corrected chi connectivity index (χ4v) is 2.55. The number of aliphatic carboxylic acids is 1. The summed E-state index contributed by atoms with van der Waals surface area (Å²) in [6.45, 7) is 1.82. The predicted octanol–water partition coefficient (Wildman–Crippen LogP) is 1.32. The van der Waals surface area contributed by atoms with Crippen molar-refractivity contribution in [1.82, 2.24) is 9.88 Å². The minimum Gasteiger partial charge on any atom is -0.480 e. The highest BCUT2D eigenvalue weighted by atomic mass is 32.1. The second-order valence-electron chi connectivity index (χ2n) is 4.41. The minimum atomic E-state index is -0.956. The van der Waals surface area contributed by atoms with E-state index in [2.05, 4.69) is 4.98 Å². The van der Waals surface area contributed by atoms with Crippen LogP contribution in [0.1, 0.15) is 30.5 Å². The van der Waals surface area contributed by atoms with Crippen molar-refractivity contribution in [1.29, 1.82) is 0 Å². The number of amides is 1. The fraction of sp³-hybridized carbons (Fsp3) is 0.583. The van der Waals surface area contributed by atoms with Gasteiger partial charge in [0, 0.05) is 11.4 Å². The third-order valence-corrected chi connectivity index (χ3v) is 3.89. The normalized spacial score (nSPS) is 14.5. The Morgan fingerprint density at radius 2 is 2.28 bits per heavy atom. The zero-order chi connectivity index (χ0) is 13.1. The van der Waals surface area contributed by atoms with E-state index in [9.17, 15) is 9.59 Å². The van der Waals surface area contributed by atoms with Crippen molar-refractivity contribution >= 4 is 23.2 Å². The maximum Gasteiger partial charge on any atom is 0.323 e. The van der Waals surface area contributed by atoms with Crippen LogP contribution in [-0.4, -0.2) is 39.5 Å². The Labute approximate surface area is 109 Å². The third kappa shape index (κ3) is 3.29. The monoisotopic (exact) mass is 268 g/mol.